The number of nitrogens with one attached hydrogen (secondary N) is 2. The van der Waals surface area contributed by atoms with Crippen molar-refractivity contribution in [3.8, 4) is 0 Å². The summed E-state index contributed by atoms with van der Waals surface area (Å²) in [4.78, 5) is 28.9. The summed E-state index contributed by atoms with van der Waals surface area (Å²) in [5.41, 5.74) is 1.10. The number of aliphatic carboxylic acids is 1. The van der Waals surface area contributed by atoms with Gasteiger partial charge in [-0.15, -0.1) is 11.3 Å². The SMILES string of the molecule is CC[C@H](C)[C@H](NCC(=O)Nc1nc2c(s1)CCCC2)C(=O)O. The lowest BCUT2D eigenvalue weighted by molar-refractivity contribution is -0.140. The minimum Gasteiger partial charge on any atom is -0.480 e. The van der Waals surface area contributed by atoms with Gasteiger partial charge in [0.15, 0.2) is 5.13 Å². The Balaban J connectivity index is 1.87. The van der Waals surface area contributed by atoms with Crippen LogP contribution in [-0.2, 0) is 22.4 Å². The van der Waals surface area contributed by atoms with Gasteiger partial charge in [-0.05, 0) is 31.6 Å². The number of carbonyl (C=O) groups excluding carboxylic acids is 1. The predicted molar refractivity (Wildman–Crippen MR) is 86.3 cm³/mol. The van der Waals surface area contributed by atoms with Gasteiger partial charge in [0.2, 0.25) is 5.91 Å². The number of amides is 1. The van der Waals surface area contributed by atoms with Crippen LogP contribution in [0.5, 0.6) is 0 Å². The first kappa shape index (κ1) is 16.9. The number of anilines is 1. The summed E-state index contributed by atoms with van der Waals surface area (Å²) < 4.78 is 0. The zero-order valence-electron chi connectivity index (χ0n) is 13.0. The van der Waals surface area contributed by atoms with Gasteiger partial charge in [-0.1, -0.05) is 20.3 Å². The highest BCUT2D eigenvalue weighted by Crippen LogP contribution is 2.29. The molecule has 0 fully saturated rings. The van der Waals surface area contributed by atoms with Gasteiger partial charge in [0, 0.05) is 4.88 Å². The first-order valence-electron chi connectivity index (χ1n) is 7.75. The number of fused-ring (bicyclic) bond motifs is 1. The van der Waals surface area contributed by atoms with E-state index in [9.17, 15) is 14.7 Å². The third-order valence-corrected chi connectivity index (χ3v) is 5.13. The molecule has 3 N–H and O–H groups in total. The van der Waals surface area contributed by atoms with Crippen molar-refractivity contribution in [2.45, 2.75) is 52.0 Å². The average molecular weight is 325 g/mol. The number of nitrogens with zero attached hydrogens (tertiary/aromatic N) is 1. The van der Waals surface area contributed by atoms with E-state index in [0.29, 0.717) is 5.13 Å². The Morgan fingerprint density at radius 3 is 2.73 bits per heavy atom. The number of thiazole rings is 1. The normalized spacial score (nSPS) is 16.6. The van der Waals surface area contributed by atoms with Crippen LogP contribution in [0, 0.1) is 5.92 Å². The van der Waals surface area contributed by atoms with Crippen LogP contribution in [0.15, 0.2) is 0 Å². The van der Waals surface area contributed by atoms with Gasteiger partial charge in [0.05, 0.1) is 12.2 Å². The average Bonchev–Trinajstić information content (AvgIpc) is 2.88. The lowest BCUT2D eigenvalue weighted by atomic mass is 9.99. The van der Waals surface area contributed by atoms with Crippen LogP contribution in [0.2, 0.25) is 0 Å². The standard InChI is InChI=1S/C15H23N3O3S/c1-3-9(2)13(14(20)21)16-8-12(19)18-15-17-10-6-4-5-7-11(10)22-15/h9,13,16H,3-8H2,1-2H3,(H,20,21)(H,17,18,19)/t9-,13-/m0/s1. The molecule has 7 heteroatoms. The molecule has 1 aliphatic carbocycles. The Labute approximate surface area is 134 Å². The number of carbonyl (C=O) groups is 2. The third kappa shape index (κ3) is 4.27. The second-order valence-corrected chi connectivity index (χ2v) is 6.81. The van der Waals surface area contributed by atoms with Crippen LogP contribution in [-0.4, -0.2) is 34.6 Å². The van der Waals surface area contributed by atoms with Crippen molar-refractivity contribution in [3.05, 3.63) is 10.6 Å². The number of carboxylic acids is 1. The van der Waals surface area contributed by atoms with Crippen LogP contribution in [0.3, 0.4) is 0 Å². The fourth-order valence-corrected chi connectivity index (χ4v) is 3.61. The molecule has 1 aromatic rings. The Hall–Kier alpha value is -1.47. The number of carboxylic acid groups (broad SMARTS) is 1. The number of hydrogen-bond donors (Lipinski definition) is 3. The summed E-state index contributed by atoms with van der Waals surface area (Å²) >= 11 is 1.53. The Kier molecular flexibility index (Phi) is 5.90. The number of hydrogen-bond acceptors (Lipinski definition) is 5. The smallest absolute Gasteiger partial charge is 0.320 e. The minimum atomic E-state index is -0.924. The lowest BCUT2D eigenvalue weighted by Gasteiger charge is -2.19. The fourth-order valence-electron chi connectivity index (χ4n) is 2.54. The van der Waals surface area contributed by atoms with Gasteiger partial charge < -0.3 is 10.4 Å². The molecule has 0 bridgehead atoms. The fraction of sp³-hybridized carbons (Fsp3) is 0.667. The van der Waals surface area contributed by atoms with E-state index in [1.54, 1.807) is 0 Å². The summed E-state index contributed by atoms with van der Waals surface area (Å²) in [7, 11) is 0. The minimum absolute atomic E-state index is 0.0223. The molecule has 0 aromatic carbocycles. The summed E-state index contributed by atoms with van der Waals surface area (Å²) in [6.07, 6.45) is 5.09. The molecule has 2 rings (SSSR count). The molecule has 1 aromatic heterocycles. The topological polar surface area (TPSA) is 91.3 Å². The van der Waals surface area contributed by atoms with Crippen molar-refractivity contribution in [3.63, 3.8) is 0 Å². The van der Waals surface area contributed by atoms with Crippen molar-refractivity contribution in [1.82, 2.24) is 10.3 Å². The van der Waals surface area contributed by atoms with Gasteiger partial charge in [0.25, 0.3) is 0 Å². The highest BCUT2D eigenvalue weighted by Gasteiger charge is 2.24. The van der Waals surface area contributed by atoms with E-state index in [1.165, 1.54) is 22.6 Å². The number of rotatable bonds is 7. The molecule has 0 spiro atoms. The molecule has 1 amide bonds. The summed E-state index contributed by atoms with van der Waals surface area (Å²) in [6, 6.07) is -0.708. The van der Waals surface area contributed by atoms with Crippen LogP contribution in [0.1, 0.15) is 43.7 Å². The Bertz CT molecular complexity index is 521. The van der Waals surface area contributed by atoms with Crippen molar-refractivity contribution in [2.75, 3.05) is 11.9 Å². The summed E-state index contributed by atoms with van der Waals surface area (Å²) in [6.45, 7) is 3.77. The maximum Gasteiger partial charge on any atom is 0.320 e. The van der Waals surface area contributed by atoms with Crippen molar-refractivity contribution < 1.29 is 14.7 Å². The molecule has 1 heterocycles. The molecule has 0 unspecified atom stereocenters. The predicted octanol–water partition coefficient (Wildman–Crippen LogP) is 2.05. The molecule has 2 atom stereocenters. The van der Waals surface area contributed by atoms with E-state index >= 15 is 0 Å². The molecule has 6 nitrogen and oxygen atoms in total. The van der Waals surface area contributed by atoms with Crippen LogP contribution in [0.4, 0.5) is 5.13 Å². The van der Waals surface area contributed by atoms with E-state index in [1.807, 2.05) is 13.8 Å². The molecule has 1 aliphatic rings. The lowest BCUT2D eigenvalue weighted by Crippen LogP contribution is -2.45. The van der Waals surface area contributed by atoms with Crippen molar-refractivity contribution in [1.29, 1.82) is 0 Å². The molecule has 22 heavy (non-hydrogen) atoms. The molecule has 0 aliphatic heterocycles. The molecule has 0 saturated carbocycles. The van der Waals surface area contributed by atoms with Crippen LogP contribution in [0.25, 0.3) is 0 Å². The van der Waals surface area contributed by atoms with Crippen molar-refractivity contribution >= 4 is 28.3 Å². The third-order valence-electron chi connectivity index (χ3n) is 4.05. The van der Waals surface area contributed by atoms with E-state index in [4.69, 9.17) is 0 Å². The van der Waals surface area contributed by atoms with Crippen molar-refractivity contribution in [2.24, 2.45) is 5.92 Å². The van der Waals surface area contributed by atoms with E-state index < -0.39 is 12.0 Å². The summed E-state index contributed by atoms with van der Waals surface area (Å²) in [5, 5.41) is 15.4. The van der Waals surface area contributed by atoms with Gasteiger partial charge in [-0.25, -0.2) is 4.98 Å². The largest absolute Gasteiger partial charge is 0.480 e. The second-order valence-electron chi connectivity index (χ2n) is 5.73. The zero-order valence-corrected chi connectivity index (χ0v) is 13.8. The van der Waals surface area contributed by atoms with E-state index in [2.05, 4.69) is 15.6 Å². The first-order valence-corrected chi connectivity index (χ1v) is 8.57. The maximum atomic E-state index is 12.0. The number of aryl methyl sites for hydroxylation is 2. The van der Waals surface area contributed by atoms with Crippen LogP contribution >= 0.6 is 11.3 Å². The van der Waals surface area contributed by atoms with E-state index in [0.717, 1.165) is 31.4 Å². The quantitative estimate of drug-likeness (QED) is 0.714. The summed E-state index contributed by atoms with van der Waals surface area (Å²) in [5.74, 6) is -1.20. The number of aromatic nitrogens is 1. The molecule has 122 valence electrons. The maximum absolute atomic E-state index is 12.0. The molecule has 0 radical (unpaired) electrons. The zero-order chi connectivity index (χ0) is 16.1. The Morgan fingerprint density at radius 2 is 2.09 bits per heavy atom. The van der Waals surface area contributed by atoms with Gasteiger partial charge in [0.1, 0.15) is 6.04 Å². The molecular formula is C15H23N3O3S. The molecule has 0 saturated heterocycles. The highest BCUT2D eigenvalue weighted by molar-refractivity contribution is 7.15. The monoisotopic (exact) mass is 325 g/mol. The molecular weight excluding hydrogens is 302 g/mol. The van der Waals surface area contributed by atoms with Crippen LogP contribution < -0.4 is 10.6 Å². The van der Waals surface area contributed by atoms with E-state index in [-0.39, 0.29) is 18.4 Å². The Morgan fingerprint density at radius 1 is 1.36 bits per heavy atom. The van der Waals surface area contributed by atoms with Gasteiger partial charge in [-0.2, -0.15) is 0 Å². The second kappa shape index (κ2) is 7.69. The van der Waals surface area contributed by atoms with Gasteiger partial charge in [-0.3, -0.25) is 14.9 Å². The first-order chi connectivity index (χ1) is 10.5. The van der Waals surface area contributed by atoms with Gasteiger partial charge >= 0.3 is 5.97 Å². The highest BCUT2D eigenvalue weighted by atomic mass is 32.1.